The van der Waals surface area contributed by atoms with Gasteiger partial charge in [0.2, 0.25) is 0 Å². The predicted molar refractivity (Wildman–Crippen MR) is 47.2 cm³/mol. The molecule has 0 amide bonds. The molecule has 5 heteroatoms. The van der Waals surface area contributed by atoms with Gasteiger partial charge in [0.05, 0.1) is 5.56 Å². The van der Waals surface area contributed by atoms with Crippen molar-refractivity contribution in [3.63, 3.8) is 0 Å². The Morgan fingerprint density at radius 2 is 1.86 bits per heavy atom. The fourth-order valence-electron chi connectivity index (χ4n) is 1.22. The van der Waals surface area contributed by atoms with E-state index in [0.717, 1.165) is 6.07 Å². The molecule has 3 N–H and O–H groups in total. The molecule has 0 aliphatic heterocycles. The number of hydrogen-bond donors (Lipinski definition) is 2. The van der Waals surface area contributed by atoms with Gasteiger partial charge < -0.3 is 0 Å². The zero-order valence-electron chi connectivity index (χ0n) is 7.60. The van der Waals surface area contributed by atoms with Crippen LogP contribution in [0.25, 0.3) is 0 Å². The van der Waals surface area contributed by atoms with Crippen LogP contribution in [-0.4, -0.2) is 0 Å². The van der Waals surface area contributed by atoms with E-state index in [4.69, 9.17) is 5.84 Å². The van der Waals surface area contributed by atoms with Crippen molar-refractivity contribution in [3.8, 4) is 0 Å². The highest BCUT2D eigenvalue weighted by Gasteiger charge is 2.33. The summed E-state index contributed by atoms with van der Waals surface area (Å²) in [5, 5.41) is 0. The van der Waals surface area contributed by atoms with Crippen LogP contribution < -0.4 is 11.3 Å². The molecule has 1 aromatic rings. The topological polar surface area (TPSA) is 38.0 Å². The first-order chi connectivity index (χ1) is 6.46. The smallest absolute Gasteiger partial charge is 0.271 e. The molecule has 0 heterocycles. The van der Waals surface area contributed by atoms with Crippen LogP contribution in [0, 0.1) is 0 Å². The Morgan fingerprint density at radius 3 is 2.36 bits per heavy atom. The van der Waals surface area contributed by atoms with E-state index in [2.05, 4.69) is 5.43 Å². The monoisotopic (exact) mass is 204 g/mol. The lowest BCUT2D eigenvalue weighted by atomic mass is 10.0. The average molecular weight is 204 g/mol. The third kappa shape index (κ3) is 2.24. The van der Waals surface area contributed by atoms with Crippen molar-refractivity contribution in [3.05, 3.63) is 35.4 Å². The molecule has 1 aromatic carbocycles. The summed E-state index contributed by atoms with van der Waals surface area (Å²) in [5.74, 6) is 5.10. The highest BCUT2D eigenvalue weighted by atomic mass is 19.4. The summed E-state index contributed by atoms with van der Waals surface area (Å²) in [6, 6.07) is 4.85. The molecule has 2 nitrogen and oxygen atoms in total. The van der Waals surface area contributed by atoms with Crippen molar-refractivity contribution >= 4 is 0 Å². The van der Waals surface area contributed by atoms with Gasteiger partial charge in [0, 0.05) is 6.04 Å². The van der Waals surface area contributed by atoms with Gasteiger partial charge in [-0.1, -0.05) is 18.2 Å². The van der Waals surface area contributed by atoms with E-state index in [9.17, 15) is 13.2 Å². The van der Waals surface area contributed by atoms with Gasteiger partial charge in [-0.2, -0.15) is 13.2 Å². The lowest BCUT2D eigenvalue weighted by Crippen LogP contribution is -2.27. The lowest BCUT2D eigenvalue weighted by molar-refractivity contribution is -0.138. The molecular formula is C9H11F3N2. The number of nitrogens with two attached hydrogens (primary N) is 1. The van der Waals surface area contributed by atoms with E-state index >= 15 is 0 Å². The number of nitrogens with one attached hydrogen (secondary N) is 1. The molecule has 0 saturated carbocycles. The molecule has 14 heavy (non-hydrogen) atoms. The summed E-state index contributed by atoms with van der Waals surface area (Å²) < 4.78 is 37.4. The molecule has 0 saturated heterocycles. The number of rotatable bonds is 2. The van der Waals surface area contributed by atoms with Gasteiger partial charge in [-0.3, -0.25) is 11.3 Å². The first-order valence-electron chi connectivity index (χ1n) is 4.09. The van der Waals surface area contributed by atoms with Crippen molar-refractivity contribution < 1.29 is 13.2 Å². The molecule has 78 valence electrons. The summed E-state index contributed by atoms with van der Waals surface area (Å²) in [6.45, 7) is 1.57. The largest absolute Gasteiger partial charge is 0.416 e. The Bertz CT molecular complexity index is 309. The molecule has 0 unspecified atom stereocenters. The lowest BCUT2D eigenvalue weighted by Gasteiger charge is -2.17. The normalized spacial score (nSPS) is 14.1. The van der Waals surface area contributed by atoms with Crippen molar-refractivity contribution in [2.75, 3.05) is 0 Å². The third-order valence-electron chi connectivity index (χ3n) is 1.98. The third-order valence-corrected chi connectivity index (χ3v) is 1.98. The van der Waals surface area contributed by atoms with Crippen molar-refractivity contribution in [1.29, 1.82) is 0 Å². The van der Waals surface area contributed by atoms with E-state index in [1.54, 1.807) is 13.0 Å². The van der Waals surface area contributed by atoms with Crippen LogP contribution in [0.1, 0.15) is 24.1 Å². The van der Waals surface area contributed by atoms with Gasteiger partial charge >= 0.3 is 6.18 Å². The van der Waals surface area contributed by atoms with E-state index in [1.165, 1.54) is 12.1 Å². The Hall–Kier alpha value is -1.07. The van der Waals surface area contributed by atoms with Crippen molar-refractivity contribution in [2.24, 2.45) is 5.84 Å². The number of benzene rings is 1. The van der Waals surface area contributed by atoms with E-state index in [-0.39, 0.29) is 5.56 Å². The molecule has 0 aliphatic rings. The molecule has 1 atom stereocenters. The van der Waals surface area contributed by atoms with E-state index in [1.807, 2.05) is 0 Å². The maximum Gasteiger partial charge on any atom is 0.416 e. The minimum absolute atomic E-state index is 0.155. The van der Waals surface area contributed by atoms with Crippen LogP contribution in [0.15, 0.2) is 24.3 Å². The quantitative estimate of drug-likeness (QED) is 0.572. The Kier molecular flexibility index (Phi) is 3.13. The first-order valence-corrected chi connectivity index (χ1v) is 4.09. The van der Waals surface area contributed by atoms with Gasteiger partial charge in [0.1, 0.15) is 0 Å². The summed E-state index contributed by atoms with van der Waals surface area (Å²) in [6.07, 6.45) is -4.33. The standard InChI is InChI=1S/C9H11F3N2/c1-6(14-13)7-4-2-3-5-8(7)9(10,11)12/h2-6,14H,13H2,1H3/t6-/m1/s1. The molecule has 0 aromatic heterocycles. The van der Waals surface area contributed by atoms with Gasteiger partial charge in [0.15, 0.2) is 0 Å². The van der Waals surface area contributed by atoms with Gasteiger partial charge in [-0.15, -0.1) is 0 Å². The van der Waals surface area contributed by atoms with Crippen LogP contribution in [-0.2, 0) is 6.18 Å². The van der Waals surface area contributed by atoms with Crippen LogP contribution in [0.2, 0.25) is 0 Å². The Labute approximate surface area is 79.9 Å². The number of hydrazine groups is 1. The Balaban J connectivity index is 3.16. The highest BCUT2D eigenvalue weighted by molar-refractivity contribution is 5.31. The fourth-order valence-corrected chi connectivity index (χ4v) is 1.22. The molecule has 1 rings (SSSR count). The van der Waals surface area contributed by atoms with Crippen LogP contribution in [0.4, 0.5) is 13.2 Å². The molecule has 0 aliphatic carbocycles. The molecule has 0 fully saturated rings. The van der Waals surface area contributed by atoms with E-state index in [0.29, 0.717) is 0 Å². The molecular weight excluding hydrogens is 193 g/mol. The molecule has 0 bridgehead atoms. The average Bonchev–Trinajstić information content (AvgIpc) is 2.15. The number of halogens is 3. The van der Waals surface area contributed by atoms with Crippen LogP contribution in [0.5, 0.6) is 0 Å². The summed E-state index contributed by atoms with van der Waals surface area (Å²) in [7, 11) is 0. The molecule has 0 spiro atoms. The predicted octanol–water partition coefficient (Wildman–Crippen LogP) is 2.23. The SMILES string of the molecule is C[C@@H](NN)c1ccccc1C(F)(F)F. The zero-order chi connectivity index (χ0) is 10.8. The Morgan fingerprint density at radius 1 is 1.29 bits per heavy atom. The summed E-state index contributed by atoms with van der Waals surface area (Å²) >= 11 is 0. The van der Waals surface area contributed by atoms with Crippen molar-refractivity contribution in [2.45, 2.75) is 19.1 Å². The van der Waals surface area contributed by atoms with Crippen molar-refractivity contribution in [1.82, 2.24) is 5.43 Å². The minimum Gasteiger partial charge on any atom is -0.271 e. The van der Waals surface area contributed by atoms with Gasteiger partial charge in [0.25, 0.3) is 0 Å². The number of hydrogen-bond acceptors (Lipinski definition) is 2. The van der Waals surface area contributed by atoms with Crippen LogP contribution >= 0.6 is 0 Å². The van der Waals surface area contributed by atoms with Gasteiger partial charge in [-0.05, 0) is 18.6 Å². The fraction of sp³-hybridized carbons (Fsp3) is 0.333. The van der Waals surface area contributed by atoms with Gasteiger partial charge in [-0.25, -0.2) is 0 Å². The summed E-state index contributed by atoms with van der Waals surface area (Å²) in [4.78, 5) is 0. The highest BCUT2D eigenvalue weighted by Crippen LogP contribution is 2.33. The summed E-state index contributed by atoms with van der Waals surface area (Å²) in [5.41, 5.74) is 1.80. The second-order valence-corrected chi connectivity index (χ2v) is 2.97. The zero-order valence-corrected chi connectivity index (χ0v) is 7.60. The first kappa shape index (κ1) is 11.0. The minimum atomic E-state index is -4.33. The molecule has 0 radical (unpaired) electrons. The number of alkyl halides is 3. The van der Waals surface area contributed by atoms with Crippen LogP contribution in [0.3, 0.4) is 0 Å². The second-order valence-electron chi connectivity index (χ2n) is 2.97. The maximum atomic E-state index is 12.5. The van der Waals surface area contributed by atoms with E-state index < -0.39 is 17.8 Å². The maximum absolute atomic E-state index is 12.5. The second kappa shape index (κ2) is 3.98.